The number of aliphatic hydroxyl groups excluding tert-OH is 1. The van der Waals surface area contributed by atoms with E-state index < -0.39 is 42.6 Å². The quantitative estimate of drug-likeness (QED) is 0.544. The Balaban J connectivity index is 2.77. The van der Waals surface area contributed by atoms with Crippen LogP contribution in [-0.4, -0.2) is 82.7 Å². The molecule has 1 rings (SSSR count). The van der Waals surface area contributed by atoms with Crippen molar-refractivity contribution in [1.82, 2.24) is 5.32 Å². The topological polar surface area (TPSA) is 113 Å². The Morgan fingerprint density at radius 2 is 1.71 bits per heavy atom. The number of methoxy groups -OCH3 is 4. The zero-order chi connectivity index (χ0) is 16.0. The van der Waals surface area contributed by atoms with Crippen molar-refractivity contribution in [1.29, 1.82) is 0 Å². The van der Waals surface area contributed by atoms with Crippen molar-refractivity contribution in [2.45, 2.75) is 30.7 Å². The van der Waals surface area contributed by atoms with Crippen LogP contribution in [0.15, 0.2) is 0 Å². The highest BCUT2D eigenvalue weighted by Crippen LogP contribution is 2.25. The molecule has 9 heteroatoms. The van der Waals surface area contributed by atoms with Gasteiger partial charge in [-0.2, -0.15) is 0 Å². The number of rotatable bonds is 6. The summed E-state index contributed by atoms with van der Waals surface area (Å²) in [6.45, 7) is -0.328. The molecular formula is C12H21NO8. The van der Waals surface area contributed by atoms with Crippen molar-refractivity contribution in [2.24, 2.45) is 0 Å². The van der Waals surface area contributed by atoms with Crippen molar-refractivity contribution >= 4 is 11.9 Å². The van der Waals surface area contributed by atoms with Crippen LogP contribution in [0.25, 0.3) is 0 Å². The van der Waals surface area contributed by atoms with Crippen LogP contribution >= 0.6 is 0 Å². The summed E-state index contributed by atoms with van der Waals surface area (Å²) < 4.78 is 25.2. The lowest BCUT2D eigenvalue weighted by Gasteiger charge is -2.42. The number of aliphatic hydroxyl groups is 1. The van der Waals surface area contributed by atoms with Gasteiger partial charge in [0.25, 0.3) is 5.91 Å². The van der Waals surface area contributed by atoms with E-state index in [1.54, 1.807) is 0 Å². The van der Waals surface area contributed by atoms with E-state index in [1.807, 2.05) is 0 Å². The first-order valence-corrected chi connectivity index (χ1v) is 6.26. The molecule has 9 nitrogen and oxygen atoms in total. The molecular weight excluding hydrogens is 286 g/mol. The summed E-state index contributed by atoms with van der Waals surface area (Å²) in [5.74, 6) is -1.29. The molecule has 2 N–H and O–H groups in total. The van der Waals surface area contributed by atoms with Crippen LogP contribution < -0.4 is 5.32 Å². The summed E-state index contributed by atoms with van der Waals surface area (Å²) >= 11 is 0. The van der Waals surface area contributed by atoms with Gasteiger partial charge >= 0.3 is 5.97 Å². The molecule has 0 bridgehead atoms. The molecule has 1 heterocycles. The van der Waals surface area contributed by atoms with E-state index in [-0.39, 0.29) is 6.54 Å². The predicted octanol–water partition coefficient (Wildman–Crippen LogP) is -1.96. The first-order valence-electron chi connectivity index (χ1n) is 6.26. The van der Waals surface area contributed by atoms with Gasteiger partial charge in [0, 0.05) is 21.3 Å². The SMILES string of the molecule is COC(=O)CNC(=O)C1OC(OC)C(OC)C(OC)C1O. The Hall–Kier alpha value is -1.26. The lowest BCUT2D eigenvalue weighted by molar-refractivity contribution is -0.292. The van der Waals surface area contributed by atoms with E-state index in [9.17, 15) is 14.7 Å². The van der Waals surface area contributed by atoms with E-state index in [2.05, 4.69) is 10.1 Å². The number of nitrogens with one attached hydrogen (secondary N) is 1. The molecule has 0 aliphatic carbocycles. The van der Waals surface area contributed by atoms with Gasteiger partial charge in [-0.05, 0) is 0 Å². The van der Waals surface area contributed by atoms with Gasteiger partial charge in [-0.15, -0.1) is 0 Å². The van der Waals surface area contributed by atoms with Gasteiger partial charge < -0.3 is 34.1 Å². The Kier molecular flexibility index (Phi) is 6.99. The second kappa shape index (κ2) is 8.25. The molecule has 1 aliphatic heterocycles. The summed E-state index contributed by atoms with van der Waals surface area (Å²) in [5, 5.41) is 12.5. The summed E-state index contributed by atoms with van der Waals surface area (Å²) in [4.78, 5) is 23.0. The van der Waals surface area contributed by atoms with Gasteiger partial charge in [0.05, 0.1) is 7.11 Å². The number of carbonyl (C=O) groups excluding carboxylic acids is 2. The van der Waals surface area contributed by atoms with Crippen molar-refractivity contribution in [3.05, 3.63) is 0 Å². The van der Waals surface area contributed by atoms with Crippen molar-refractivity contribution < 1.29 is 38.4 Å². The summed E-state index contributed by atoms with van der Waals surface area (Å²) in [5.41, 5.74) is 0. The summed E-state index contributed by atoms with van der Waals surface area (Å²) in [6, 6.07) is 0. The monoisotopic (exact) mass is 307 g/mol. The predicted molar refractivity (Wildman–Crippen MR) is 68.3 cm³/mol. The van der Waals surface area contributed by atoms with Crippen molar-refractivity contribution in [3.8, 4) is 0 Å². The number of esters is 1. The fourth-order valence-electron chi connectivity index (χ4n) is 2.08. The van der Waals surface area contributed by atoms with Gasteiger partial charge in [0.15, 0.2) is 12.4 Å². The van der Waals surface area contributed by atoms with Crippen LogP contribution in [-0.2, 0) is 33.3 Å². The van der Waals surface area contributed by atoms with Crippen LogP contribution in [0, 0.1) is 0 Å². The van der Waals surface area contributed by atoms with E-state index in [0.29, 0.717) is 0 Å². The van der Waals surface area contributed by atoms with Crippen LogP contribution in [0.1, 0.15) is 0 Å². The largest absolute Gasteiger partial charge is 0.468 e. The Labute approximate surface area is 122 Å². The average molecular weight is 307 g/mol. The maximum absolute atomic E-state index is 12.0. The highest BCUT2D eigenvalue weighted by molar-refractivity contribution is 5.85. The maximum Gasteiger partial charge on any atom is 0.325 e. The number of ether oxygens (including phenoxy) is 5. The minimum Gasteiger partial charge on any atom is -0.468 e. The molecule has 122 valence electrons. The van der Waals surface area contributed by atoms with Gasteiger partial charge in [0.1, 0.15) is 24.9 Å². The highest BCUT2D eigenvalue weighted by atomic mass is 16.7. The first kappa shape index (κ1) is 17.8. The van der Waals surface area contributed by atoms with Gasteiger partial charge in [0.2, 0.25) is 0 Å². The van der Waals surface area contributed by atoms with Gasteiger partial charge in [-0.3, -0.25) is 9.59 Å². The molecule has 0 aromatic carbocycles. The first-order chi connectivity index (χ1) is 9.99. The van der Waals surface area contributed by atoms with E-state index in [1.165, 1.54) is 28.4 Å². The molecule has 0 spiro atoms. The van der Waals surface area contributed by atoms with Crippen LogP contribution in [0.5, 0.6) is 0 Å². The standard InChI is InChI=1S/C12H21NO8/c1-17-6(14)5-13-11(16)9-7(15)8(18-2)10(19-3)12(20-4)21-9/h7-10,12,15H,5H2,1-4H3,(H,13,16). The summed E-state index contributed by atoms with van der Waals surface area (Å²) in [6.07, 6.45) is -4.93. The maximum atomic E-state index is 12.0. The molecule has 0 radical (unpaired) electrons. The van der Waals surface area contributed by atoms with E-state index in [4.69, 9.17) is 18.9 Å². The zero-order valence-electron chi connectivity index (χ0n) is 12.4. The number of amides is 1. The third-order valence-electron chi connectivity index (χ3n) is 3.19. The number of hydrogen-bond donors (Lipinski definition) is 2. The highest BCUT2D eigenvalue weighted by Gasteiger charge is 2.48. The molecule has 0 aromatic heterocycles. The number of hydrogen-bond acceptors (Lipinski definition) is 8. The molecule has 1 saturated heterocycles. The van der Waals surface area contributed by atoms with Gasteiger partial charge in [-0.1, -0.05) is 0 Å². The fourth-order valence-corrected chi connectivity index (χ4v) is 2.08. The Morgan fingerprint density at radius 1 is 1.10 bits per heavy atom. The third-order valence-corrected chi connectivity index (χ3v) is 3.19. The van der Waals surface area contributed by atoms with E-state index >= 15 is 0 Å². The van der Waals surface area contributed by atoms with Crippen LogP contribution in [0.4, 0.5) is 0 Å². The molecule has 5 unspecified atom stereocenters. The lowest BCUT2D eigenvalue weighted by atomic mass is 9.98. The number of carbonyl (C=O) groups is 2. The molecule has 1 aliphatic rings. The van der Waals surface area contributed by atoms with Gasteiger partial charge in [-0.25, -0.2) is 0 Å². The average Bonchev–Trinajstić information content (AvgIpc) is 2.51. The minimum atomic E-state index is -1.27. The van der Waals surface area contributed by atoms with Crippen LogP contribution in [0.3, 0.4) is 0 Å². The fraction of sp³-hybridized carbons (Fsp3) is 0.833. The van der Waals surface area contributed by atoms with Crippen molar-refractivity contribution in [3.63, 3.8) is 0 Å². The lowest BCUT2D eigenvalue weighted by Crippen LogP contribution is -2.63. The smallest absolute Gasteiger partial charge is 0.325 e. The molecule has 0 saturated carbocycles. The third kappa shape index (κ3) is 4.11. The van der Waals surface area contributed by atoms with Crippen LogP contribution in [0.2, 0.25) is 0 Å². The Morgan fingerprint density at radius 3 is 2.19 bits per heavy atom. The van der Waals surface area contributed by atoms with E-state index in [0.717, 1.165) is 0 Å². The molecule has 1 fully saturated rings. The molecule has 5 atom stereocenters. The normalized spacial score (nSPS) is 32.5. The molecule has 1 amide bonds. The minimum absolute atomic E-state index is 0.328. The summed E-state index contributed by atoms with van der Waals surface area (Å²) in [7, 11) is 5.37. The van der Waals surface area contributed by atoms with Crippen molar-refractivity contribution in [2.75, 3.05) is 35.0 Å². The Bertz CT molecular complexity index is 363. The second-order valence-corrected chi connectivity index (χ2v) is 4.35. The zero-order valence-corrected chi connectivity index (χ0v) is 12.4. The molecule has 0 aromatic rings. The second-order valence-electron chi connectivity index (χ2n) is 4.35. The molecule has 21 heavy (non-hydrogen) atoms.